The van der Waals surface area contributed by atoms with Crippen molar-refractivity contribution >= 4 is 0 Å². The summed E-state index contributed by atoms with van der Waals surface area (Å²) in [7, 11) is 2.09. The number of halogens is 1. The zero-order valence-corrected chi connectivity index (χ0v) is 9.14. The van der Waals surface area contributed by atoms with E-state index in [1.807, 2.05) is 0 Å². The fourth-order valence-electron chi connectivity index (χ4n) is 1.36. The van der Waals surface area contributed by atoms with E-state index < -0.39 is 0 Å². The second kappa shape index (κ2) is 3.90. The Bertz CT molecular complexity index is 240. The van der Waals surface area contributed by atoms with Gasteiger partial charge in [-0.05, 0) is 13.8 Å². The lowest BCUT2D eigenvalue weighted by atomic mass is 10.4. The fourth-order valence-corrected chi connectivity index (χ4v) is 1.36. The molecule has 0 atom stereocenters. The van der Waals surface area contributed by atoms with E-state index in [-0.39, 0.29) is 17.0 Å². The predicted molar refractivity (Wildman–Crippen MR) is 40.8 cm³/mol. The second-order valence-electron chi connectivity index (χ2n) is 2.67. The molecule has 0 radical (unpaired) electrons. The summed E-state index contributed by atoms with van der Waals surface area (Å²) in [6.07, 6.45) is 0. The minimum atomic E-state index is 0. The van der Waals surface area contributed by atoms with E-state index in [4.69, 9.17) is 0 Å². The van der Waals surface area contributed by atoms with Crippen LogP contribution < -0.4 is 21.7 Å². The van der Waals surface area contributed by atoms with Crippen molar-refractivity contribution in [3.8, 4) is 0 Å². The van der Waals surface area contributed by atoms with Crippen LogP contribution in [0.3, 0.4) is 0 Å². The Kier molecular flexibility index (Phi) is 3.79. The van der Waals surface area contributed by atoms with E-state index in [9.17, 15) is 0 Å². The van der Waals surface area contributed by atoms with Crippen molar-refractivity contribution in [2.45, 2.75) is 27.3 Å². The lowest BCUT2D eigenvalue weighted by Crippen LogP contribution is -3.00. The maximum atomic E-state index is 2.25. The summed E-state index contributed by atoms with van der Waals surface area (Å²) in [6.45, 7) is 7.47. The van der Waals surface area contributed by atoms with Crippen LogP contribution in [0.15, 0.2) is 6.07 Å². The predicted octanol–water partition coefficient (Wildman–Crippen LogP) is -2.05. The first-order valence-electron chi connectivity index (χ1n) is 3.70. The van der Waals surface area contributed by atoms with Crippen molar-refractivity contribution in [1.82, 2.24) is 4.68 Å². The lowest BCUT2D eigenvalue weighted by molar-refractivity contribution is -0.758. The first kappa shape index (κ1) is 10.7. The zero-order chi connectivity index (χ0) is 7.72. The molecular weight excluding hydrogens is 204 g/mol. The van der Waals surface area contributed by atoms with Gasteiger partial charge < -0.3 is 17.0 Å². The number of nitrogens with zero attached hydrogens (tertiary/aromatic N) is 2. The van der Waals surface area contributed by atoms with E-state index in [1.165, 1.54) is 11.4 Å². The lowest BCUT2D eigenvalue weighted by Gasteiger charge is -1.96. The molecule has 1 aromatic heterocycles. The SMILES string of the molecule is CCn1c(C)cc(C)[n+]1C.[Br-]. The highest BCUT2D eigenvalue weighted by molar-refractivity contribution is 5.00. The van der Waals surface area contributed by atoms with Crippen LogP contribution in [0.4, 0.5) is 0 Å². The minimum absolute atomic E-state index is 0. The van der Waals surface area contributed by atoms with Gasteiger partial charge in [-0.1, -0.05) is 0 Å². The molecular formula is C8H15BrN2. The van der Waals surface area contributed by atoms with Gasteiger partial charge in [0.1, 0.15) is 0 Å². The number of hydrogen-bond donors (Lipinski definition) is 0. The molecule has 64 valence electrons. The molecule has 0 spiro atoms. The van der Waals surface area contributed by atoms with Crippen molar-refractivity contribution in [3.63, 3.8) is 0 Å². The normalized spacial score (nSPS) is 9.45. The van der Waals surface area contributed by atoms with Gasteiger partial charge in [0.05, 0.1) is 12.2 Å². The first-order valence-corrected chi connectivity index (χ1v) is 3.70. The van der Waals surface area contributed by atoms with E-state index in [2.05, 4.69) is 43.2 Å². The smallest absolute Gasteiger partial charge is 0.204 e. The molecule has 0 aromatic carbocycles. The van der Waals surface area contributed by atoms with Crippen LogP contribution >= 0.6 is 0 Å². The number of hydrogen-bond acceptors (Lipinski definition) is 0. The van der Waals surface area contributed by atoms with E-state index in [1.54, 1.807) is 0 Å². The quantitative estimate of drug-likeness (QED) is 0.481. The van der Waals surface area contributed by atoms with Crippen LogP contribution in [0.5, 0.6) is 0 Å². The number of aryl methyl sites for hydroxylation is 2. The van der Waals surface area contributed by atoms with Crippen molar-refractivity contribution < 1.29 is 21.7 Å². The van der Waals surface area contributed by atoms with Crippen LogP contribution in [0.1, 0.15) is 18.3 Å². The summed E-state index contributed by atoms with van der Waals surface area (Å²) in [5, 5.41) is 0. The fraction of sp³-hybridized carbons (Fsp3) is 0.625. The molecule has 0 unspecified atom stereocenters. The van der Waals surface area contributed by atoms with Gasteiger partial charge in [-0.25, -0.2) is 0 Å². The summed E-state index contributed by atoms with van der Waals surface area (Å²) in [5.41, 5.74) is 2.65. The Balaban J connectivity index is 0.000001000. The van der Waals surface area contributed by atoms with Gasteiger partial charge in [0.15, 0.2) is 7.05 Å². The molecule has 3 heteroatoms. The Morgan fingerprint density at radius 1 is 1.45 bits per heavy atom. The van der Waals surface area contributed by atoms with Gasteiger partial charge in [-0.15, -0.1) is 4.68 Å². The third-order valence-corrected chi connectivity index (χ3v) is 2.00. The van der Waals surface area contributed by atoms with Gasteiger partial charge in [0.2, 0.25) is 5.69 Å². The Hall–Kier alpha value is -0.310. The third kappa shape index (κ3) is 1.83. The maximum absolute atomic E-state index is 2.25. The van der Waals surface area contributed by atoms with Crippen LogP contribution in [0.25, 0.3) is 0 Å². The van der Waals surface area contributed by atoms with Gasteiger partial charge in [-0.3, -0.25) is 0 Å². The summed E-state index contributed by atoms with van der Waals surface area (Å²) in [4.78, 5) is 0. The van der Waals surface area contributed by atoms with E-state index in [0.717, 1.165) is 6.54 Å². The maximum Gasteiger partial charge on any atom is 0.204 e. The summed E-state index contributed by atoms with van der Waals surface area (Å²) < 4.78 is 4.42. The molecule has 0 saturated carbocycles. The highest BCUT2D eigenvalue weighted by atomic mass is 79.9. The summed E-state index contributed by atoms with van der Waals surface area (Å²) in [5.74, 6) is 0. The zero-order valence-electron chi connectivity index (χ0n) is 7.56. The Morgan fingerprint density at radius 2 is 2.00 bits per heavy atom. The van der Waals surface area contributed by atoms with Gasteiger partial charge in [-0.2, -0.15) is 4.68 Å². The standard InChI is InChI=1S/C8H15N2.BrH/c1-5-10-8(3)6-7(2)9(10)4;/h6H,5H2,1-4H3;1H/q+1;/p-1. The molecule has 1 rings (SSSR count). The van der Waals surface area contributed by atoms with E-state index in [0.29, 0.717) is 0 Å². The molecule has 0 aliphatic rings. The first-order chi connectivity index (χ1) is 4.66. The van der Waals surface area contributed by atoms with Gasteiger partial charge in [0.25, 0.3) is 0 Å². The average molecular weight is 219 g/mol. The van der Waals surface area contributed by atoms with Crippen molar-refractivity contribution in [3.05, 3.63) is 17.5 Å². The molecule has 2 nitrogen and oxygen atoms in total. The van der Waals surface area contributed by atoms with Crippen LogP contribution in [0.2, 0.25) is 0 Å². The van der Waals surface area contributed by atoms with Gasteiger partial charge >= 0.3 is 0 Å². The van der Waals surface area contributed by atoms with Crippen molar-refractivity contribution in [1.29, 1.82) is 0 Å². The molecule has 0 N–H and O–H groups in total. The van der Waals surface area contributed by atoms with Crippen LogP contribution in [0, 0.1) is 13.8 Å². The molecule has 1 aromatic rings. The molecule has 11 heavy (non-hydrogen) atoms. The molecule has 0 fully saturated rings. The number of rotatable bonds is 1. The topological polar surface area (TPSA) is 8.81 Å². The molecule has 0 aliphatic carbocycles. The molecule has 0 saturated heterocycles. The second-order valence-corrected chi connectivity index (χ2v) is 2.67. The largest absolute Gasteiger partial charge is 1.00 e. The Labute approximate surface area is 78.6 Å². The number of aromatic nitrogens is 2. The Morgan fingerprint density at radius 3 is 2.18 bits per heavy atom. The highest BCUT2D eigenvalue weighted by Gasteiger charge is 2.09. The van der Waals surface area contributed by atoms with Crippen LogP contribution in [-0.4, -0.2) is 4.68 Å². The average Bonchev–Trinajstić information content (AvgIpc) is 2.09. The molecule has 0 aliphatic heterocycles. The van der Waals surface area contributed by atoms with Crippen LogP contribution in [-0.2, 0) is 13.6 Å². The van der Waals surface area contributed by atoms with Gasteiger partial charge in [0, 0.05) is 13.0 Å². The highest BCUT2D eigenvalue weighted by Crippen LogP contribution is 1.97. The minimum Gasteiger partial charge on any atom is -1.00 e. The van der Waals surface area contributed by atoms with E-state index >= 15 is 0 Å². The monoisotopic (exact) mass is 218 g/mol. The molecule has 0 amide bonds. The summed E-state index contributed by atoms with van der Waals surface area (Å²) in [6, 6.07) is 2.20. The molecule has 1 heterocycles. The third-order valence-electron chi connectivity index (χ3n) is 2.00. The van der Waals surface area contributed by atoms with Crippen molar-refractivity contribution in [2.75, 3.05) is 0 Å². The van der Waals surface area contributed by atoms with Crippen molar-refractivity contribution in [2.24, 2.45) is 7.05 Å². The summed E-state index contributed by atoms with van der Waals surface area (Å²) >= 11 is 0. The molecule has 0 bridgehead atoms.